The molecular weight excluding hydrogens is 376 g/mol. The topological polar surface area (TPSA) is 46.2 Å². The van der Waals surface area contributed by atoms with Gasteiger partial charge in [-0.3, -0.25) is 4.72 Å². The van der Waals surface area contributed by atoms with Crippen LogP contribution < -0.4 is 4.72 Å². The normalized spacial score (nSPS) is 11.4. The van der Waals surface area contributed by atoms with Crippen LogP contribution in [0.5, 0.6) is 0 Å². The second-order valence-corrected chi connectivity index (χ2v) is 6.75. The number of benzene rings is 2. The summed E-state index contributed by atoms with van der Waals surface area (Å²) in [6.07, 6.45) is 0. The Bertz CT molecular complexity index is 768. The molecule has 0 saturated carbocycles. The average molecular weight is 383 g/mol. The van der Waals surface area contributed by atoms with E-state index in [0.717, 1.165) is 18.2 Å². The predicted molar refractivity (Wildman–Crippen MR) is 76.3 cm³/mol. The van der Waals surface area contributed by atoms with Crippen molar-refractivity contribution in [3.05, 3.63) is 57.5 Å². The van der Waals surface area contributed by atoms with Crippen molar-refractivity contribution < 1.29 is 17.2 Å². The van der Waals surface area contributed by atoms with Crippen molar-refractivity contribution in [2.24, 2.45) is 0 Å². The maximum Gasteiger partial charge on any atom is 0.261 e. The summed E-state index contributed by atoms with van der Waals surface area (Å²) in [7, 11) is -3.97. The summed E-state index contributed by atoms with van der Waals surface area (Å²) in [6.45, 7) is 0. The Morgan fingerprint density at radius 2 is 1.75 bits per heavy atom. The molecule has 0 saturated heterocycles. The number of anilines is 1. The van der Waals surface area contributed by atoms with Crippen molar-refractivity contribution in [2.45, 2.75) is 4.90 Å². The molecule has 3 nitrogen and oxygen atoms in total. The number of hydrogen-bond acceptors (Lipinski definition) is 2. The van der Waals surface area contributed by atoms with Crippen LogP contribution in [-0.2, 0) is 10.0 Å². The molecule has 0 aliphatic heterocycles. The van der Waals surface area contributed by atoms with E-state index in [2.05, 4.69) is 20.7 Å². The second-order valence-electron chi connectivity index (χ2n) is 3.81. The van der Waals surface area contributed by atoms with E-state index >= 15 is 0 Å². The van der Waals surface area contributed by atoms with Crippen LogP contribution in [0.4, 0.5) is 14.5 Å². The van der Waals surface area contributed by atoms with E-state index in [-0.39, 0.29) is 20.1 Å². The number of nitrogens with one attached hydrogen (secondary N) is 1. The molecule has 0 fully saturated rings. The van der Waals surface area contributed by atoms with Crippen molar-refractivity contribution in [1.82, 2.24) is 0 Å². The van der Waals surface area contributed by atoms with Gasteiger partial charge in [0.1, 0.15) is 11.6 Å². The van der Waals surface area contributed by atoms with E-state index in [9.17, 15) is 17.2 Å². The maximum absolute atomic E-state index is 13.4. The summed E-state index contributed by atoms with van der Waals surface area (Å²) in [5, 5.41) is -0.216. The molecule has 8 heteroatoms. The monoisotopic (exact) mass is 381 g/mol. The van der Waals surface area contributed by atoms with Crippen LogP contribution in [0, 0.1) is 11.6 Å². The van der Waals surface area contributed by atoms with Gasteiger partial charge in [0.15, 0.2) is 0 Å². The third-order valence-corrected chi connectivity index (χ3v) is 4.68. The molecule has 2 rings (SSSR count). The fraction of sp³-hybridized carbons (Fsp3) is 0. The lowest BCUT2D eigenvalue weighted by Crippen LogP contribution is -2.13. The molecule has 0 heterocycles. The van der Waals surface area contributed by atoms with Crippen LogP contribution in [0.2, 0.25) is 5.02 Å². The van der Waals surface area contributed by atoms with Gasteiger partial charge in [-0.25, -0.2) is 17.2 Å². The minimum Gasteiger partial charge on any atom is -0.280 e. The quantitative estimate of drug-likeness (QED) is 0.865. The van der Waals surface area contributed by atoms with Gasteiger partial charge in [-0.1, -0.05) is 11.6 Å². The molecule has 0 atom stereocenters. The predicted octanol–water partition coefficient (Wildman–Crippen LogP) is 4.18. The Labute approximate surface area is 127 Å². The standard InChI is InChI=1S/C12H7BrClF2NO2S/c13-9-3-2-8(6-12(9)16)20(18,19)17-7-1-4-11(15)10(14)5-7/h1-6,17H. The molecule has 2 aromatic carbocycles. The molecule has 1 N–H and O–H groups in total. The number of sulfonamides is 1. The van der Waals surface area contributed by atoms with E-state index in [1.54, 1.807) is 0 Å². The lowest BCUT2D eigenvalue weighted by Gasteiger charge is -2.09. The van der Waals surface area contributed by atoms with Gasteiger partial charge in [0.25, 0.3) is 10.0 Å². The third-order valence-electron chi connectivity index (χ3n) is 2.37. The largest absolute Gasteiger partial charge is 0.280 e. The van der Waals surface area contributed by atoms with Gasteiger partial charge in [0.2, 0.25) is 0 Å². The zero-order valence-electron chi connectivity index (χ0n) is 9.70. The van der Waals surface area contributed by atoms with Gasteiger partial charge in [-0.2, -0.15) is 0 Å². The van der Waals surface area contributed by atoms with E-state index < -0.39 is 21.7 Å². The highest BCUT2D eigenvalue weighted by Crippen LogP contribution is 2.24. The Hall–Kier alpha value is -1.18. The molecule has 0 radical (unpaired) electrons. The lowest BCUT2D eigenvalue weighted by atomic mass is 10.3. The first kappa shape index (κ1) is 15.2. The molecule has 2 aromatic rings. The minimum atomic E-state index is -3.97. The Balaban J connectivity index is 2.35. The molecule has 0 aliphatic rings. The summed E-state index contributed by atoms with van der Waals surface area (Å²) in [6, 6.07) is 6.76. The van der Waals surface area contributed by atoms with Gasteiger partial charge in [-0.15, -0.1) is 0 Å². The summed E-state index contributed by atoms with van der Waals surface area (Å²) < 4.78 is 52.7. The van der Waals surface area contributed by atoms with E-state index in [1.807, 2.05) is 0 Å². The highest BCUT2D eigenvalue weighted by atomic mass is 79.9. The van der Waals surface area contributed by atoms with Crippen molar-refractivity contribution in [3.63, 3.8) is 0 Å². The first-order chi connectivity index (χ1) is 9.29. The smallest absolute Gasteiger partial charge is 0.261 e. The highest BCUT2D eigenvalue weighted by molar-refractivity contribution is 9.10. The average Bonchev–Trinajstić information content (AvgIpc) is 2.37. The number of halogens is 4. The SMILES string of the molecule is O=S(=O)(Nc1ccc(F)c(Cl)c1)c1ccc(Br)c(F)c1. The van der Waals surface area contributed by atoms with Crippen LogP contribution in [0.3, 0.4) is 0 Å². The first-order valence-electron chi connectivity index (χ1n) is 5.22. The molecule has 0 amide bonds. The van der Waals surface area contributed by atoms with E-state index in [4.69, 9.17) is 11.6 Å². The Morgan fingerprint density at radius 3 is 2.35 bits per heavy atom. The molecule has 0 aromatic heterocycles. The summed E-state index contributed by atoms with van der Waals surface area (Å²) >= 11 is 8.49. The Morgan fingerprint density at radius 1 is 1.05 bits per heavy atom. The van der Waals surface area contributed by atoms with Crippen LogP contribution in [0.1, 0.15) is 0 Å². The Kier molecular flexibility index (Phi) is 4.31. The lowest BCUT2D eigenvalue weighted by molar-refractivity contribution is 0.593. The summed E-state index contributed by atoms with van der Waals surface area (Å²) in [5.41, 5.74) is 0.0831. The summed E-state index contributed by atoms with van der Waals surface area (Å²) in [4.78, 5) is -0.251. The van der Waals surface area contributed by atoms with Crippen molar-refractivity contribution in [2.75, 3.05) is 4.72 Å². The van der Waals surface area contributed by atoms with Crippen LogP contribution in [-0.4, -0.2) is 8.42 Å². The molecule has 0 spiro atoms. The first-order valence-corrected chi connectivity index (χ1v) is 7.88. The molecule has 0 unspecified atom stereocenters. The van der Waals surface area contributed by atoms with Gasteiger partial charge < -0.3 is 0 Å². The molecule has 0 bridgehead atoms. The van der Waals surface area contributed by atoms with Crippen LogP contribution in [0.25, 0.3) is 0 Å². The van der Waals surface area contributed by atoms with Crippen molar-refractivity contribution >= 4 is 43.2 Å². The minimum absolute atomic E-state index is 0.0831. The van der Waals surface area contributed by atoms with E-state index in [1.165, 1.54) is 18.2 Å². The zero-order valence-corrected chi connectivity index (χ0v) is 12.9. The highest BCUT2D eigenvalue weighted by Gasteiger charge is 2.16. The van der Waals surface area contributed by atoms with Gasteiger partial charge in [0.05, 0.1) is 20.1 Å². The third kappa shape index (κ3) is 3.28. The van der Waals surface area contributed by atoms with Gasteiger partial charge in [-0.05, 0) is 52.3 Å². The molecule has 0 aliphatic carbocycles. The van der Waals surface area contributed by atoms with Gasteiger partial charge >= 0.3 is 0 Å². The van der Waals surface area contributed by atoms with Crippen LogP contribution in [0.15, 0.2) is 45.8 Å². The number of hydrogen-bond donors (Lipinski definition) is 1. The van der Waals surface area contributed by atoms with Crippen molar-refractivity contribution in [1.29, 1.82) is 0 Å². The molecule has 20 heavy (non-hydrogen) atoms. The fourth-order valence-electron chi connectivity index (χ4n) is 1.42. The van der Waals surface area contributed by atoms with E-state index in [0.29, 0.717) is 0 Å². The maximum atomic E-state index is 13.4. The van der Waals surface area contributed by atoms with Gasteiger partial charge in [0, 0.05) is 0 Å². The van der Waals surface area contributed by atoms with Crippen molar-refractivity contribution in [3.8, 4) is 0 Å². The zero-order chi connectivity index (χ0) is 14.9. The second kappa shape index (κ2) is 5.67. The number of rotatable bonds is 3. The fourth-order valence-corrected chi connectivity index (χ4v) is 2.91. The van der Waals surface area contributed by atoms with Crippen LogP contribution >= 0.6 is 27.5 Å². The summed E-state index contributed by atoms with van der Waals surface area (Å²) in [5.74, 6) is -1.37. The molecule has 106 valence electrons. The molecular formula is C12H7BrClF2NO2S.